The van der Waals surface area contributed by atoms with Crippen LogP contribution in [0.5, 0.6) is 0 Å². The molecule has 4 aromatic rings. The van der Waals surface area contributed by atoms with Gasteiger partial charge in [-0.25, -0.2) is 13.2 Å². The van der Waals surface area contributed by atoms with Crippen molar-refractivity contribution < 1.29 is 18.0 Å². The number of amides is 1. The summed E-state index contributed by atoms with van der Waals surface area (Å²) in [6.45, 7) is 0.314. The highest BCUT2D eigenvalue weighted by molar-refractivity contribution is 5.89. The van der Waals surface area contributed by atoms with Crippen molar-refractivity contribution in [1.82, 2.24) is 9.88 Å². The van der Waals surface area contributed by atoms with E-state index < -0.39 is 11.6 Å². The van der Waals surface area contributed by atoms with Crippen molar-refractivity contribution in [1.29, 1.82) is 0 Å². The fraction of sp³-hybridized carbons (Fsp3) is 0.125. The molecule has 0 bridgehead atoms. The third-order valence-corrected chi connectivity index (χ3v) is 5.01. The minimum absolute atomic E-state index is 0.0764. The summed E-state index contributed by atoms with van der Waals surface area (Å²) in [5.74, 6) is -2.00. The van der Waals surface area contributed by atoms with E-state index in [-0.39, 0.29) is 30.3 Å². The van der Waals surface area contributed by atoms with Crippen molar-refractivity contribution in [2.75, 3.05) is 0 Å². The van der Waals surface area contributed by atoms with Gasteiger partial charge >= 0.3 is 0 Å². The lowest BCUT2D eigenvalue weighted by atomic mass is 10.1. The number of fused-ring (bicyclic) bond motifs is 1. The normalized spacial score (nSPS) is 11.0. The standard InChI is InChI=1S/C24H19F3N2O/c25-18-10-8-16(9-11-18)14-29-15-17(19-4-1-2-7-23(19)29)12-24(30)28-13-20-21(26)5-3-6-22(20)27/h1-11,15H,12-14H2,(H,28,30). The molecule has 1 heterocycles. The highest BCUT2D eigenvalue weighted by atomic mass is 19.1. The molecule has 0 fully saturated rings. The third kappa shape index (κ3) is 4.22. The van der Waals surface area contributed by atoms with E-state index in [1.165, 1.54) is 18.2 Å². The summed E-state index contributed by atoms with van der Waals surface area (Å²) in [5, 5.41) is 3.51. The Kier molecular flexibility index (Phi) is 5.57. The molecule has 4 rings (SSSR count). The molecule has 30 heavy (non-hydrogen) atoms. The molecule has 0 radical (unpaired) electrons. The van der Waals surface area contributed by atoms with Gasteiger partial charge in [0.05, 0.1) is 6.42 Å². The van der Waals surface area contributed by atoms with E-state index in [0.29, 0.717) is 6.54 Å². The van der Waals surface area contributed by atoms with Crippen molar-refractivity contribution in [3.05, 3.63) is 107 Å². The zero-order valence-corrected chi connectivity index (χ0v) is 16.0. The van der Waals surface area contributed by atoms with Crippen LogP contribution in [0.3, 0.4) is 0 Å². The molecule has 1 amide bonds. The summed E-state index contributed by atoms with van der Waals surface area (Å²) in [6, 6.07) is 17.6. The van der Waals surface area contributed by atoms with Gasteiger partial charge in [0.1, 0.15) is 17.5 Å². The molecular weight excluding hydrogens is 389 g/mol. The lowest BCUT2D eigenvalue weighted by Gasteiger charge is -2.07. The Bertz CT molecular complexity index is 1180. The summed E-state index contributed by atoms with van der Waals surface area (Å²) in [7, 11) is 0. The van der Waals surface area contributed by atoms with Crippen LogP contribution in [0.2, 0.25) is 0 Å². The van der Waals surface area contributed by atoms with E-state index in [0.717, 1.165) is 34.2 Å². The second-order valence-electron chi connectivity index (χ2n) is 7.08. The average Bonchev–Trinajstić information content (AvgIpc) is 3.07. The van der Waals surface area contributed by atoms with Gasteiger partial charge in [0, 0.05) is 35.8 Å². The van der Waals surface area contributed by atoms with Gasteiger partial charge in [0.2, 0.25) is 5.91 Å². The van der Waals surface area contributed by atoms with Gasteiger partial charge in [-0.1, -0.05) is 36.4 Å². The molecule has 0 saturated carbocycles. The van der Waals surface area contributed by atoms with Crippen molar-refractivity contribution in [3.63, 3.8) is 0 Å². The first-order chi connectivity index (χ1) is 14.5. The van der Waals surface area contributed by atoms with Crippen molar-refractivity contribution in [3.8, 4) is 0 Å². The van der Waals surface area contributed by atoms with Crippen LogP contribution >= 0.6 is 0 Å². The predicted octanol–water partition coefficient (Wildman–Crippen LogP) is 4.97. The lowest BCUT2D eigenvalue weighted by molar-refractivity contribution is -0.120. The van der Waals surface area contributed by atoms with Crippen LogP contribution in [0.15, 0.2) is 72.9 Å². The fourth-order valence-corrected chi connectivity index (χ4v) is 3.50. The van der Waals surface area contributed by atoms with Gasteiger partial charge in [0.15, 0.2) is 0 Å². The van der Waals surface area contributed by atoms with Crippen molar-refractivity contribution >= 4 is 16.8 Å². The minimum Gasteiger partial charge on any atom is -0.352 e. The number of carbonyl (C=O) groups excluding carboxylic acids is 1. The average molecular weight is 408 g/mol. The van der Waals surface area contributed by atoms with Gasteiger partial charge in [-0.05, 0) is 41.5 Å². The van der Waals surface area contributed by atoms with Gasteiger partial charge < -0.3 is 9.88 Å². The first kappa shape index (κ1) is 19.8. The molecule has 6 heteroatoms. The van der Waals surface area contributed by atoms with E-state index in [1.807, 2.05) is 35.0 Å². The summed E-state index contributed by atoms with van der Waals surface area (Å²) >= 11 is 0. The van der Waals surface area contributed by atoms with Crippen LogP contribution in [-0.4, -0.2) is 10.5 Å². The second kappa shape index (κ2) is 8.45. The topological polar surface area (TPSA) is 34.0 Å². The monoisotopic (exact) mass is 408 g/mol. The van der Waals surface area contributed by atoms with Crippen LogP contribution in [0, 0.1) is 17.5 Å². The molecular formula is C24H19F3N2O. The summed E-state index contributed by atoms with van der Waals surface area (Å²) in [6.07, 6.45) is 1.96. The first-order valence-electron chi connectivity index (χ1n) is 9.52. The molecule has 0 saturated heterocycles. The number of nitrogens with one attached hydrogen (secondary N) is 1. The molecule has 152 valence electrons. The number of hydrogen-bond donors (Lipinski definition) is 1. The van der Waals surface area contributed by atoms with Crippen molar-refractivity contribution in [2.24, 2.45) is 0 Å². The Hall–Kier alpha value is -3.54. The van der Waals surface area contributed by atoms with E-state index in [1.54, 1.807) is 12.1 Å². The fourth-order valence-electron chi connectivity index (χ4n) is 3.50. The maximum atomic E-state index is 13.8. The Labute approximate surface area is 171 Å². The van der Waals surface area contributed by atoms with Gasteiger partial charge in [-0.2, -0.15) is 0 Å². The van der Waals surface area contributed by atoms with E-state index in [4.69, 9.17) is 0 Å². The number of nitrogens with zero attached hydrogens (tertiary/aromatic N) is 1. The zero-order valence-electron chi connectivity index (χ0n) is 16.0. The second-order valence-corrected chi connectivity index (χ2v) is 7.08. The van der Waals surface area contributed by atoms with Gasteiger partial charge in [-0.15, -0.1) is 0 Å². The Morgan fingerprint density at radius 1 is 0.867 bits per heavy atom. The van der Waals surface area contributed by atoms with E-state index in [2.05, 4.69) is 5.32 Å². The maximum absolute atomic E-state index is 13.8. The predicted molar refractivity (Wildman–Crippen MR) is 109 cm³/mol. The van der Waals surface area contributed by atoms with Crippen LogP contribution in [0.4, 0.5) is 13.2 Å². The van der Waals surface area contributed by atoms with Crippen LogP contribution < -0.4 is 5.32 Å². The molecule has 0 atom stereocenters. The smallest absolute Gasteiger partial charge is 0.224 e. The molecule has 0 unspecified atom stereocenters. The molecule has 3 nitrogen and oxygen atoms in total. The summed E-state index contributed by atoms with van der Waals surface area (Å²) < 4.78 is 42.7. The molecule has 0 spiro atoms. The molecule has 1 N–H and O–H groups in total. The molecule has 0 aliphatic rings. The van der Waals surface area contributed by atoms with E-state index >= 15 is 0 Å². The van der Waals surface area contributed by atoms with E-state index in [9.17, 15) is 18.0 Å². The number of hydrogen-bond acceptors (Lipinski definition) is 1. The Morgan fingerprint density at radius 3 is 2.30 bits per heavy atom. The van der Waals surface area contributed by atoms with Crippen LogP contribution in [0.1, 0.15) is 16.7 Å². The number of rotatable bonds is 6. The minimum atomic E-state index is -0.689. The molecule has 1 aromatic heterocycles. The quantitative estimate of drug-likeness (QED) is 0.481. The summed E-state index contributed by atoms with van der Waals surface area (Å²) in [4.78, 5) is 12.5. The highest BCUT2D eigenvalue weighted by Crippen LogP contribution is 2.23. The van der Waals surface area contributed by atoms with Gasteiger partial charge in [0.25, 0.3) is 0 Å². The largest absolute Gasteiger partial charge is 0.352 e. The highest BCUT2D eigenvalue weighted by Gasteiger charge is 2.14. The van der Waals surface area contributed by atoms with Crippen LogP contribution in [0.25, 0.3) is 10.9 Å². The van der Waals surface area contributed by atoms with Crippen LogP contribution in [-0.2, 0) is 24.3 Å². The maximum Gasteiger partial charge on any atom is 0.224 e. The Morgan fingerprint density at radius 2 is 1.57 bits per heavy atom. The lowest BCUT2D eigenvalue weighted by Crippen LogP contribution is -2.25. The zero-order chi connectivity index (χ0) is 21.1. The molecule has 3 aromatic carbocycles. The summed E-state index contributed by atoms with van der Waals surface area (Å²) in [5.41, 5.74) is 2.52. The Balaban J connectivity index is 1.52. The first-order valence-corrected chi connectivity index (χ1v) is 9.52. The third-order valence-electron chi connectivity index (χ3n) is 5.01. The number of carbonyl (C=O) groups is 1. The number of aromatic nitrogens is 1. The number of benzene rings is 3. The van der Waals surface area contributed by atoms with Crippen molar-refractivity contribution in [2.45, 2.75) is 19.5 Å². The molecule has 0 aliphatic heterocycles. The SMILES string of the molecule is O=C(Cc1cn(Cc2ccc(F)cc2)c2ccccc12)NCc1c(F)cccc1F. The number of halogens is 3. The number of para-hydroxylation sites is 1. The van der Waals surface area contributed by atoms with Gasteiger partial charge in [-0.3, -0.25) is 4.79 Å². The molecule has 0 aliphatic carbocycles.